The summed E-state index contributed by atoms with van der Waals surface area (Å²) in [5.74, 6) is -0.0756. The molecule has 0 atom stereocenters. The minimum absolute atomic E-state index is 0.291. The number of nitrogens with two attached hydrogens (primary N) is 1. The van der Waals surface area contributed by atoms with E-state index in [-0.39, 0.29) is 0 Å². The van der Waals surface area contributed by atoms with Crippen LogP contribution in [0.2, 0.25) is 5.02 Å². The molecule has 3 N–H and O–H groups in total. The van der Waals surface area contributed by atoms with Gasteiger partial charge in [-0.25, -0.2) is 4.39 Å². The number of nitrogens with zero attached hydrogens (tertiary/aromatic N) is 1. The highest BCUT2D eigenvalue weighted by molar-refractivity contribution is 9.10. The Balaban J connectivity index is 2.22. The molecule has 21 heavy (non-hydrogen) atoms. The van der Waals surface area contributed by atoms with Crippen LogP contribution in [0, 0.1) is 5.82 Å². The average Bonchev–Trinajstić information content (AvgIpc) is 2.81. The molecule has 3 aromatic rings. The number of aromatic amines is 1. The van der Waals surface area contributed by atoms with E-state index in [0.29, 0.717) is 22.0 Å². The normalized spacial score (nSPS) is 10.8. The molecule has 3 rings (SSSR count). The van der Waals surface area contributed by atoms with Crippen molar-refractivity contribution >= 4 is 33.3 Å². The second kappa shape index (κ2) is 5.50. The fourth-order valence-corrected chi connectivity index (χ4v) is 2.83. The molecule has 0 saturated heterocycles. The standard InChI is InChI=1S/C15H10BrClFN3/c16-9-3-1-2-8(6-9)14-13(15(19)21-20-14)11-5-4-10(18)7-12(11)17/h1-7H,(H3,19,20,21). The number of H-pyrrole nitrogens is 1. The number of rotatable bonds is 2. The van der Waals surface area contributed by atoms with Crippen molar-refractivity contribution in [3.8, 4) is 22.4 Å². The first kappa shape index (κ1) is 14.1. The first-order valence-electron chi connectivity index (χ1n) is 6.11. The van der Waals surface area contributed by atoms with Gasteiger partial charge >= 0.3 is 0 Å². The summed E-state index contributed by atoms with van der Waals surface area (Å²) in [6.45, 7) is 0. The lowest BCUT2D eigenvalue weighted by atomic mass is 10.0. The van der Waals surface area contributed by atoms with Crippen molar-refractivity contribution < 1.29 is 4.39 Å². The maximum atomic E-state index is 13.2. The largest absolute Gasteiger partial charge is 0.382 e. The summed E-state index contributed by atoms with van der Waals surface area (Å²) in [6, 6.07) is 11.9. The van der Waals surface area contributed by atoms with Crippen LogP contribution >= 0.6 is 27.5 Å². The van der Waals surface area contributed by atoms with Crippen molar-refractivity contribution in [2.45, 2.75) is 0 Å². The molecule has 0 amide bonds. The van der Waals surface area contributed by atoms with Crippen LogP contribution in [0.4, 0.5) is 10.2 Å². The van der Waals surface area contributed by atoms with Gasteiger partial charge in [0.2, 0.25) is 0 Å². The first-order valence-corrected chi connectivity index (χ1v) is 7.28. The molecular formula is C15H10BrClFN3. The Morgan fingerprint density at radius 1 is 1.19 bits per heavy atom. The Hall–Kier alpha value is -1.85. The molecule has 1 aromatic heterocycles. The molecule has 106 valence electrons. The van der Waals surface area contributed by atoms with Crippen molar-refractivity contribution in [1.29, 1.82) is 0 Å². The van der Waals surface area contributed by atoms with E-state index < -0.39 is 5.82 Å². The van der Waals surface area contributed by atoms with Gasteiger partial charge in [-0.1, -0.05) is 39.7 Å². The quantitative estimate of drug-likeness (QED) is 0.679. The maximum Gasteiger partial charge on any atom is 0.153 e. The van der Waals surface area contributed by atoms with Crippen LogP contribution in [0.1, 0.15) is 0 Å². The van der Waals surface area contributed by atoms with Crippen LogP contribution in [0.25, 0.3) is 22.4 Å². The minimum Gasteiger partial charge on any atom is -0.382 e. The number of nitrogens with one attached hydrogen (secondary N) is 1. The molecule has 0 fully saturated rings. The lowest BCUT2D eigenvalue weighted by Crippen LogP contribution is -1.90. The third-order valence-corrected chi connectivity index (χ3v) is 3.91. The number of halogens is 3. The summed E-state index contributed by atoms with van der Waals surface area (Å²) < 4.78 is 14.2. The second-order valence-corrected chi connectivity index (χ2v) is 5.82. The van der Waals surface area contributed by atoms with Gasteiger partial charge in [0.15, 0.2) is 5.82 Å². The summed E-state index contributed by atoms with van der Waals surface area (Å²) >= 11 is 9.57. The Labute approximate surface area is 134 Å². The van der Waals surface area contributed by atoms with E-state index in [1.807, 2.05) is 24.3 Å². The summed E-state index contributed by atoms with van der Waals surface area (Å²) in [4.78, 5) is 0. The molecule has 0 aliphatic rings. The molecule has 0 saturated carbocycles. The van der Waals surface area contributed by atoms with Crippen LogP contribution in [0.15, 0.2) is 46.9 Å². The smallest absolute Gasteiger partial charge is 0.153 e. The van der Waals surface area contributed by atoms with Gasteiger partial charge in [0.1, 0.15) is 5.82 Å². The molecule has 3 nitrogen and oxygen atoms in total. The van der Waals surface area contributed by atoms with E-state index in [0.717, 1.165) is 15.7 Å². The Kier molecular flexibility index (Phi) is 3.69. The Morgan fingerprint density at radius 3 is 2.71 bits per heavy atom. The Morgan fingerprint density at radius 2 is 2.00 bits per heavy atom. The van der Waals surface area contributed by atoms with Gasteiger partial charge in [-0.15, -0.1) is 0 Å². The van der Waals surface area contributed by atoms with Gasteiger partial charge in [-0.05, 0) is 30.3 Å². The number of benzene rings is 2. The van der Waals surface area contributed by atoms with Gasteiger partial charge < -0.3 is 5.73 Å². The minimum atomic E-state index is -0.394. The topological polar surface area (TPSA) is 54.7 Å². The number of nitrogen functional groups attached to an aromatic ring is 1. The lowest BCUT2D eigenvalue weighted by molar-refractivity contribution is 0.628. The fraction of sp³-hybridized carbons (Fsp3) is 0. The number of anilines is 1. The monoisotopic (exact) mass is 365 g/mol. The highest BCUT2D eigenvalue weighted by Crippen LogP contribution is 2.39. The zero-order chi connectivity index (χ0) is 15.0. The zero-order valence-electron chi connectivity index (χ0n) is 10.7. The van der Waals surface area contributed by atoms with Gasteiger partial charge in [0, 0.05) is 15.6 Å². The van der Waals surface area contributed by atoms with E-state index in [9.17, 15) is 4.39 Å². The van der Waals surface area contributed by atoms with Crippen LogP contribution in [-0.2, 0) is 0 Å². The fourth-order valence-electron chi connectivity index (χ4n) is 2.17. The van der Waals surface area contributed by atoms with Gasteiger partial charge in [-0.2, -0.15) is 5.10 Å². The molecule has 0 aliphatic heterocycles. The van der Waals surface area contributed by atoms with Gasteiger partial charge in [0.25, 0.3) is 0 Å². The zero-order valence-corrected chi connectivity index (χ0v) is 13.0. The van der Waals surface area contributed by atoms with Crippen LogP contribution in [-0.4, -0.2) is 10.2 Å². The summed E-state index contributed by atoms with van der Waals surface area (Å²) in [6.07, 6.45) is 0. The highest BCUT2D eigenvalue weighted by Gasteiger charge is 2.17. The molecule has 2 aromatic carbocycles. The highest BCUT2D eigenvalue weighted by atomic mass is 79.9. The van der Waals surface area contributed by atoms with Gasteiger partial charge in [0.05, 0.1) is 16.3 Å². The van der Waals surface area contributed by atoms with E-state index >= 15 is 0 Å². The molecule has 0 aliphatic carbocycles. The van der Waals surface area contributed by atoms with E-state index in [2.05, 4.69) is 26.1 Å². The molecule has 0 radical (unpaired) electrons. The molecule has 6 heteroatoms. The third-order valence-electron chi connectivity index (χ3n) is 3.11. The predicted molar refractivity (Wildman–Crippen MR) is 86.5 cm³/mol. The van der Waals surface area contributed by atoms with Crippen LogP contribution in [0.5, 0.6) is 0 Å². The van der Waals surface area contributed by atoms with E-state index in [1.165, 1.54) is 12.1 Å². The van der Waals surface area contributed by atoms with Crippen molar-refractivity contribution in [3.05, 3.63) is 57.8 Å². The van der Waals surface area contributed by atoms with Crippen molar-refractivity contribution in [2.24, 2.45) is 0 Å². The number of hydrogen-bond acceptors (Lipinski definition) is 2. The average molecular weight is 367 g/mol. The van der Waals surface area contributed by atoms with E-state index in [4.69, 9.17) is 17.3 Å². The van der Waals surface area contributed by atoms with Gasteiger partial charge in [-0.3, -0.25) is 5.10 Å². The third kappa shape index (κ3) is 2.66. The summed E-state index contributed by atoms with van der Waals surface area (Å²) in [5, 5.41) is 7.25. The number of hydrogen-bond donors (Lipinski definition) is 2. The second-order valence-electron chi connectivity index (χ2n) is 4.49. The molecule has 0 bridgehead atoms. The SMILES string of the molecule is Nc1n[nH]c(-c2cccc(Br)c2)c1-c1ccc(F)cc1Cl. The molecule has 0 unspecified atom stereocenters. The van der Waals surface area contributed by atoms with Crippen molar-refractivity contribution in [1.82, 2.24) is 10.2 Å². The molecule has 0 spiro atoms. The lowest BCUT2D eigenvalue weighted by Gasteiger charge is -2.07. The van der Waals surface area contributed by atoms with Crippen LogP contribution < -0.4 is 5.73 Å². The van der Waals surface area contributed by atoms with Crippen molar-refractivity contribution in [3.63, 3.8) is 0 Å². The molecule has 1 heterocycles. The number of aromatic nitrogens is 2. The van der Waals surface area contributed by atoms with E-state index in [1.54, 1.807) is 6.07 Å². The summed E-state index contributed by atoms with van der Waals surface area (Å²) in [7, 11) is 0. The van der Waals surface area contributed by atoms with Crippen LogP contribution in [0.3, 0.4) is 0 Å². The molecular weight excluding hydrogens is 357 g/mol. The Bertz CT molecular complexity index is 816. The predicted octanol–water partition coefficient (Wildman–Crippen LogP) is 4.88. The maximum absolute atomic E-state index is 13.2. The van der Waals surface area contributed by atoms with Crippen molar-refractivity contribution in [2.75, 3.05) is 5.73 Å². The summed E-state index contributed by atoms with van der Waals surface area (Å²) in [5.41, 5.74) is 8.90. The first-order chi connectivity index (χ1) is 10.1.